The topological polar surface area (TPSA) is 59.5 Å². The van der Waals surface area contributed by atoms with Crippen molar-refractivity contribution < 1.29 is 13.6 Å². The molecule has 1 aromatic carbocycles. The van der Waals surface area contributed by atoms with Crippen molar-refractivity contribution in [3.05, 3.63) is 48.0 Å². The Morgan fingerprint density at radius 1 is 1.26 bits per heavy atom. The van der Waals surface area contributed by atoms with Gasteiger partial charge in [0.15, 0.2) is 5.76 Å². The molecule has 2 heterocycles. The van der Waals surface area contributed by atoms with Gasteiger partial charge < -0.3 is 15.1 Å². The zero-order valence-electron chi connectivity index (χ0n) is 12.7. The standard InChI is InChI=1S/C17H19FN2O2.ClH/c18-14-7-2-1-6-13(14)15-8-9-16(22-15)17(21)20-10-4-3-5-12(20)11-19;/h1-2,6-9,12H,3-5,10-11,19H2;1H. The molecule has 1 aliphatic rings. The highest BCUT2D eigenvalue weighted by Gasteiger charge is 2.28. The average Bonchev–Trinajstić information content (AvgIpc) is 3.04. The van der Waals surface area contributed by atoms with Crippen molar-refractivity contribution >= 4 is 18.3 Å². The van der Waals surface area contributed by atoms with E-state index in [9.17, 15) is 9.18 Å². The van der Waals surface area contributed by atoms with Crippen LogP contribution < -0.4 is 5.73 Å². The summed E-state index contributed by atoms with van der Waals surface area (Å²) < 4.78 is 19.4. The van der Waals surface area contributed by atoms with Crippen molar-refractivity contribution in [2.75, 3.05) is 13.1 Å². The van der Waals surface area contributed by atoms with Gasteiger partial charge in [-0.25, -0.2) is 4.39 Å². The molecule has 1 amide bonds. The van der Waals surface area contributed by atoms with Gasteiger partial charge in [-0.1, -0.05) is 12.1 Å². The quantitative estimate of drug-likeness (QED) is 0.932. The van der Waals surface area contributed by atoms with Gasteiger partial charge in [-0.2, -0.15) is 0 Å². The Bertz CT molecular complexity index is 674. The van der Waals surface area contributed by atoms with Crippen LogP contribution in [0.1, 0.15) is 29.8 Å². The number of nitrogens with zero attached hydrogens (tertiary/aromatic N) is 1. The number of piperidine rings is 1. The average molecular weight is 339 g/mol. The molecule has 3 rings (SSSR count). The third-order valence-electron chi connectivity index (χ3n) is 4.12. The van der Waals surface area contributed by atoms with Crippen LogP contribution in [0.15, 0.2) is 40.8 Å². The van der Waals surface area contributed by atoms with Gasteiger partial charge in [0, 0.05) is 19.1 Å². The van der Waals surface area contributed by atoms with Crippen LogP contribution in [0.2, 0.25) is 0 Å². The summed E-state index contributed by atoms with van der Waals surface area (Å²) in [6, 6.07) is 9.65. The number of likely N-dealkylation sites (tertiary alicyclic amines) is 1. The zero-order chi connectivity index (χ0) is 15.5. The summed E-state index contributed by atoms with van der Waals surface area (Å²) >= 11 is 0. The normalized spacial score (nSPS) is 17.7. The molecular formula is C17H20ClFN2O2. The predicted octanol–water partition coefficient (Wildman–Crippen LogP) is 3.46. The van der Waals surface area contributed by atoms with Gasteiger partial charge in [-0.3, -0.25) is 4.79 Å². The van der Waals surface area contributed by atoms with Crippen LogP contribution in [-0.4, -0.2) is 29.9 Å². The number of rotatable bonds is 3. The molecular weight excluding hydrogens is 319 g/mol. The first-order valence-corrected chi connectivity index (χ1v) is 7.56. The molecule has 1 aromatic heterocycles. The van der Waals surface area contributed by atoms with Gasteiger partial charge in [0.05, 0.1) is 5.56 Å². The number of furan rings is 1. The number of nitrogens with two attached hydrogens (primary N) is 1. The minimum Gasteiger partial charge on any atom is -0.451 e. The Hall–Kier alpha value is -1.85. The molecule has 0 saturated carbocycles. The SMILES string of the molecule is Cl.NCC1CCCCN1C(=O)c1ccc(-c2ccccc2F)o1. The van der Waals surface area contributed by atoms with Gasteiger partial charge in [-0.05, 0) is 43.5 Å². The van der Waals surface area contributed by atoms with Crippen LogP contribution in [0.4, 0.5) is 4.39 Å². The third kappa shape index (κ3) is 3.57. The lowest BCUT2D eigenvalue weighted by Gasteiger charge is -2.34. The summed E-state index contributed by atoms with van der Waals surface area (Å²) in [5, 5.41) is 0. The highest BCUT2D eigenvalue weighted by molar-refractivity contribution is 5.92. The first kappa shape index (κ1) is 17.5. The summed E-state index contributed by atoms with van der Waals surface area (Å²) in [5.41, 5.74) is 6.11. The molecule has 4 nitrogen and oxygen atoms in total. The lowest BCUT2D eigenvalue weighted by Crippen LogP contribution is -2.47. The van der Waals surface area contributed by atoms with Crippen molar-refractivity contribution in [2.45, 2.75) is 25.3 Å². The van der Waals surface area contributed by atoms with Crippen LogP contribution >= 0.6 is 12.4 Å². The zero-order valence-corrected chi connectivity index (χ0v) is 13.5. The lowest BCUT2D eigenvalue weighted by atomic mass is 10.0. The molecule has 1 saturated heterocycles. The maximum Gasteiger partial charge on any atom is 0.289 e. The van der Waals surface area contributed by atoms with E-state index in [0.29, 0.717) is 24.4 Å². The monoisotopic (exact) mass is 338 g/mol. The van der Waals surface area contributed by atoms with Crippen molar-refractivity contribution in [2.24, 2.45) is 5.73 Å². The van der Waals surface area contributed by atoms with E-state index in [0.717, 1.165) is 19.3 Å². The molecule has 1 aliphatic heterocycles. The third-order valence-corrected chi connectivity index (χ3v) is 4.12. The molecule has 2 N–H and O–H groups in total. The van der Waals surface area contributed by atoms with E-state index in [-0.39, 0.29) is 35.9 Å². The van der Waals surface area contributed by atoms with Gasteiger partial charge in [0.2, 0.25) is 0 Å². The van der Waals surface area contributed by atoms with Crippen molar-refractivity contribution in [1.82, 2.24) is 4.90 Å². The number of amides is 1. The number of hydrogen-bond acceptors (Lipinski definition) is 3. The Balaban J connectivity index is 0.00000192. The summed E-state index contributed by atoms with van der Waals surface area (Å²) in [4.78, 5) is 14.4. The first-order valence-electron chi connectivity index (χ1n) is 7.56. The van der Waals surface area contributed by atoms with Crippen LogP contribution in [0.5, 0.6) is 0 Å². The second-order valence-electron chi connectivity index (χ2n) is 5.53. The number of carbonyl (C=O) groups excluding carboxylic acids is 1. The van der Waals surface area contributed by atoms with Crippen LogP contribution in [0, 0.1) is 5.82 Å². The fourth-order valence-corrected chi connectivity index (χ4v) is 2.91. The maximum atomic E-state index is 13.8. The molecule has 2 aromatic rings. The molecule has 0 aliphatic carbocycles. The Labute approximate surface area is 140 Å². The molecule has 23 heavy (non-hydrogen) atoms. The number of carbonyl (C=O) groups is 1. The summed E-state index contributed by atoms with van der Waals surface area (Å²) in [5.74, 6) is 0.0627. The molecule has 1 fully saturated rings. The summed E-state index contributed by atoms with van der Waals surface area (Å²) in [6.07, 6.45) is 2.98. The van der Waals surface area contributed by atoms with E-state index in [1.807, 2.05) is 0 Å². The van der Waals surface area contributed by atoms with Crippen molar-refractivity contribution in [3.63, 3.8) is 0 Å². The van der Waals surface area contributed by atoms with Gasteiger partial charge in [0.25, 0.3) is 5.91 Å². The molecule has 0 bridgehead atoms. The van der Waals surface area contributed by atoms with E-state index in [2.05, 4.69) is 0 Å². The van der Waals surface area contributed by atoms with Crippen LogP contribution in [0.3, 0.4) is 0 Å². The van der Waals surface area contributed by atoms with Crippen molar-refractivity contribution in [1.29, 1.82) is 0 Å². The van der Waals surface area contributed by atoms with Crippen molar-refractivity contribution in [3.8, 4) is 11.3 Å². The number of halogens is 2. The van der Waals surface area contributed by atoms with Crippen LogP contribution in [-0.2, 0) is 0 Å². The number of benzene rings is 1. The molecule has 124 valence electrons. The maximum absolute atomic E-state index is 13.8. The molecule has 0 radical (unpaired) electrons. The largest absolute Gasteiger partial charge is 0.451 e. The highest BCUT2D eigenvalue weighted by atomic mass is 35.5. The van der Waals surface area contributed by atoms with Gasteiger partial charge >= 0.3 is 0 Å². The number of hydrogen-bond donors (Lipinski definition) is 1. The van der Waals surface area contributed by atoms with E-state index >= 15 is 0 Å². The second kappa shape index (κ2) is 7.62. The Morgan fingerprint density at radius 2 is 2.04 bits per heavy atom. The van der Waals surface area contributed by atoms with Crippen LogP contribution in [0.25, 0.3) is 11.3 Å². The van der Waals surface area contributed by atoms with Gasteiger partial charge in [-0.15, -0.1) is 12.4 Å². The summed E-state index contributed by atoms with van der Waals surface area (Å²) in [6.45, 7) is 1.14. The molecule has 1 unspecified atom stereocenters. The van der Waals surface area contributed by atoms with E-state index in [4.69, 9.17) is 10.2 Å². The Morgan fingerprint density at radius 3 is 2.78 bits per heavy atom. The minimum atomic E-state index is -0.367. The highest BCUT2D eigenvalue weighted by Crippen LogP contribution is 2.26. The molecule has 6 heteroatoms. The predicted molar refractivity (Wildman–Crippen MR) is 89.1 cm³/mol. The Kier molecular flexibility index (Phi) is 5.80. The fourth-order valence-electron chi connectivity index (χ4n) is 2.91. The van der Waals surface area contributed by atoms with E-state index in [1.54, 1.807) is 35.2 Å². The first-order chi connectivity index (χ1) is 10.7. The van der Waals surface area contributed by atoms with Gasteiger partial charge in [0.1, 0.15) is 11.6 Å². The molecule has 1 atom stereocenters. The smallest absolute Gasteiger partial charge is 0.289 e. The lowest BCUT2D eigenvalue weighted by molar-refractivity contribution is 0.0591. The van der Waals surface area contributed by atoms with E-state index < -0.39 is 0 Å². The summed E-state index contributed by atoms with van der Waals surface area (Å²) in [7, 11) is 0. The second-order valence-corrected chi connectivity index (χ2v) is 5.53. The van der Waals surface area contributed by atoms with E-state index in [1.165, 1.54) is 6.07 Å². The molecule has 0 spiro atoms. The fraction of sp³-hybridized carbons (Fsp3) is 0.353. The minimum absolute atomic E-state index is 0.